The molecule has 0 radical (unpaired) electrons. The van der Waals surface area contributed by atoms with Crippen molar-refractivity contribution in [3.8, 4) is 51.2 Å². The number of nitriles is 2. The summed E-state index contributed by atoms with van der Waals surface area (Å²) in [6.45, 7) is 15.2. The first kappa shape index (κ1) is 33.3. The summed E-state index contributed by atoms with van der Waals surface area (Å²) in [4.78, 5) is 37.4. The number of nitrogens with zero attached hydrogens (tertiary/aromatic N) is 6. The van der Waals surface area contributed by atoms with Crippen LogP contribution in [0, 0.1) is 35.8 Å². The fourth-order valence-electron chi connectivity index (χ4n) is 7.66. The molecule has 0 N–H and O–H groups in total. The average molecular weight is 717 g/mol. The van der Waals surface area contributed by atoms with Gasteiger partial charge in [-0.3, -0.25) is 9.59 Å². The molecule has 2 amide bonds. The van der Waals surface area contributed by atoms with Crippen LogP contribution >= 0.6 is 0 Å². The largest absolute Gasteiger partial charge is 0.308 e. The van der Waals surface area contributed by atoms with Gasteiger partial charge in [0.2, 0.25) is 0 Å². The number of imide groups is 1. The van der Waals surface area contributed by atoms with Gasteiger partial charge >= 0.3 is 0 Å². The molecule has 0 saturated carbocycles. The summed E-state index contributed by atoms with van der Waals surface area (Å²) in [5, 5.41) is 21.1. The van der Waals surface area contributed by atoms with E-state index in [1.54, 1.807) is 54.6 Å². The monoisotopic (exact) mass is 716 g/mol. The second kappa shape index (κ2) is 13.1. The number of hydrogen-bond acceptors (Lipinski definition) is 4. The molecule has 0 saturated heterocycles. The van der Waals surface area contributed by atoms with Crippen molar-refractivity contribution < 1.29 is 9.59 Å². The van der Waals surface area contributed by atoms with Crippen molar-refractivity contribution in [1.82, 2.24) is 4.57 Å². The maximum Gasteiger partial charge on any atom is 0.268 e. The zero-order valence-corrected chi connectivity index (χ0v) is 29.4. The van der Waals surface area contributed by atoms with Gasteiger partial charge in [0.15, 0.2) is 11.4 Å². The third kappa shape index (κ3) is 5.27. The number of carbonyl (C=O) groups is 2. The Hall–Kier alpha value is -8.56. The molecule has 0 bridgehead atoms. The van der Waals surface area contributed by atoms with Crippen LogP contribution in [0.2, 0.25) is 0 Å². The molecule has 8 heteroatoms. The SMILES string of the molecule is [C-]#[N+]c1cc(C#N)cc(-c2ccc3c(c2)c2cc(-c4cc(C#N)cc([N+]#[C-])c4)ccc2n3-c2cccc3c2C(=O)N(c2ccccc2-c2ccccc2)C3=O)c1. The second-order valence-corrected chi connectivity index (χ2v) is 13.3. The molecule has 1 aliphatic rings. The molecule has 9 rings (SSSR count). The summed E-state index contributed by atoms with van der Waals surface area (Å²) < 4.78 is 1.99. The summed E-state index contributed by atoms with van der Waals surface area (Å²) in [5.41, 5.74) is 9.12. The molecular weight excluding hydrogens is 693 g/mol. The fraction of sp³-hybridized carbons (Fsp3) is 0. The third-order valence-electron chi connectivity index (χ3n) is 10.1. The number of hydrogen-bond donors (Lipinski definition) is 0. The van der Waals surface area contributed by atoms with Crippen LogP contribution in [0.25, 0.3) is 70.6 Å². The van der Waals surface area contributed by atoms with E-state index in [0.717, 1.165) is 44.1 Å². The van der Waals surface area contributed by atoms with Gasteiger partial charge in [-0.2, -0.15) is 10.5 Å². The Morgan fingerprint density at radius 1 is 0.482 bits per heavy atom. The van der Waals surface area contributed by atoms with Gasteiger partial charge in [-0.05, 0) is 107 Å². The van der Waals surface area contributed by atoms with Gasteiger partial charge < -0.3 is 4.57 Å². The highest BCUT2D eigenvalue weighted by atomic mass is 16.2. The quantitative estimate of drug-likeness (QED) is 0.131. The minimum atomic E-state index is -0.438. The van der Waals surface area contributed by atoms with E-state index < -0.39 is 11.8 Å². The smallest absolute Gasteiger partial charge is 0.268 e. The molecule has 0 aliphatic carbocycles. The molecular formula is C48H24N6O2. The summed E-state index contributed by atoms with van der Waals surface area (Å²) >= 11 is 0. The highest BCUT2D eigenvalue weighted by Gasteiger charge is 2.40. The van der Waals surface area contributed by atoms with Gasteiger partial charge in [0.05, 0.1) is 58.8 Å². The van der Waals surface area contributed by atoms with Crippen molar-refractivity contribution >= 4 is 50.7 Å². The third-order valence-corrected chi connectivity index (χ3v) is 10.1. The van der Waals surface area contributed by atoms with E-state index in [0.29, 0.717) is 50.6 Å². The molecule has 1 aliphatic heterocycles. The number of rotatable bonds is 5. The number of amides is 2. The number of benzene rings is 7. The Labute approximate surface area is 321 Å². The van der Waals surface area contributed by atoms with Crippen molar-refractivity contribution in [1.29, 1.82) is 10.5 Å². The highest BCUT2D eigenvalue weighted by molar-refractivity contribution is 6.36. The molecule has 1 aromatic heterocycles. The van der Waals surface area contributed by atoms with Crippen LogP contribution in [-0.4, -0.2) is 16.4 Å². The second-order valence-electron chi connectivity index (χ2n) is 13.3. The first-order valence-corrected chi connectivity index (χ1v) is 17.5. The number of fused-ring (bicyclic) bond motifs is 4. The van der Waals surface area contributed by atoms with E-state index in [4.69, 9.17) is 13.1 Å². The number of aromatic nitrogens is 1. The first-order chi connectivity index (χ1) is 27.4. The predicted octanol–water partition coefficient (Wildman–Crippen LogP) is 11.4. The predicted molar refractivity (Wildman–Crippen MR) is 217 cm³/mol. The molecule has 8 nitrogen and oxygen atoms in total. The number of anilines is 1. The zero-order chi connectivity index (χ0) is 38.5. The van der Waals surface area contributed by atoms with E-state index in [1.807, 2.05) is 95.6 Å². The maximum absolute atomic E-state index is 14.7. The average Bonchev–Trinajstić information content (AvgIpc) is 3.72. The Kier molecular flexibility index (Phi) is 7.81. The van der Waals surface area contributed by atoms with E-state index >= 15 is 0 Å². The lowest BCUT2D eigenvalue weighted by Gasteiger charge is -2.18. The molecule has 2 heterocycles. The van der Waals surface area contributed by atoms with Crippen LogP contribution in [0.3, 0.4) is 0 Å². The normalized spacial score (nSPS) is 11.9. The Morgan fingerprint density at radius 2 is 1.02 bits per heavy atom. The standard InChI is InChI=1S/C48H24N6O2/c1-51-36-21-29(27-49)19-34(23-36)32-15-17-43-40(25-32)41-26-33(35-20-30(28-50)22-37(24-35)52-2)16-18-44(41)53(43)45-14-8-12-39-46(45)48(56)54(47(39)55)42-13-7-6-11-38(42)31-9-4-3-5-10-31/h3-26H. The minimum absolute atomic E-state index is 0.277. The van der Waals surface area contributed by atoms with Gasteiger partial charge in [0, 0.05) is 27.5 Å². The summed E-state index contributed by atoms with van der Waals surface area (Å²) in [6.07, 6.45) is 0. The van der Waals surface area contributed by atoms with E-state index in [1.165, 1.54) is 4.90 Å². The Morgan fingerprint density at radius 3 is 1.59 bits per heavy atom. The van der Waals surface area contributed by atoms with Crippen LogP contribution in [0.15, 0.2) is 146 Å². The molecule has 258 valence electrons. The maximum atomic E-state index is 14.7. The lowest BCUT2D eigenvalue weighted by molar-refractivity contribution is 0.0926. The van der Waals surface area contributed by atoms with Crippen molar-refractivity contribution in [2.24, 2.45) is 0 Å². The number of carbonyl (C=O) groups excluding carboxylic acids is 2. The molecule has 8 aromatic rings. The lowest BCUT2D eigenvalue weighted by Crippen LogP contribution is -2.30. The topological polar surface area (TPSA) is 98.6 Å². The fourth-order valence-corrected chi connectivity index (χ4v) is 7.66. The van der Waals surface area contributed by atoms with Gasteiger partial charge in [0.1, 0.15) is 0 Å². The van der Waals surface area contributed by atoms with Crippen LogP contribution in [0.1, 0.15) is 31.8 Å². The Balaban J connectivity index is 1.28. The summed E-state index contributed by atoms with van der Waals surface area (Å²) in [5.74, 6) is -0.853. The summed E-state index contributed by atoms with van der Waals surface area (Å²) in [6, 6.07) is 48.4. The number of para-hydroxylation sites is 1. The Bertz CT molecular complexity index is 2990. The van der Waals surface area contributed by atoms with Crippen molar-refractivity contribution in [3.05, 3.63) is 191 Å². The van der Waals surface area contributed by atoms with E-state index in [2.05, 4.69) is 21.8 Å². The van der Waals surface area contributed by atoms with Gasteiger partial charge in [-0.25, -0.2) is 14.6 Å². The van der Waals surface area contributed by atoms with Crippen molar-refractivity contribution in [2.75, 3.05) is 4.90 Å². The zero-order valence-electron chi connectivity index (χ0n) is 29.4. The molecule has 0 spiro atoms. The van der Waals surface area contributed by atoms with E-state index in [9.17, 15) is 20.1 Å². The van der Waals surface area contributed by atoms with Crippen molar-refractivity contribution in [3.63, 3.8) is 0 Å². The van der Waals surface area contributed by atoms with Crippen LogP contribution in [0.4, 0.5) is 17.1 Å². The van der Waals surface area contributed by atoms with Gasteiger partial charge in [-0.1, -0.05) is 66.7 Å². The van der Waals surface area contributed by atoms with Gasteiger partial charge in [-0.15, -0.1) is 0 Å². The van der Waals surface area contributed by atoms with Crippen LogP contribution < -0.4 is 4.90 Å². The van der Waals surface area contributed by atoms with Crippen molar-refractivity contribution in [2.45, 2.75) is 0 Å². The molecule has 0 unspecified atom stereocenters. The van der Waals surface area contributed by atoms with Gasteiger partial charge in [0.25, 0.3) is 11.8 Å². The molecule has 7 aromatic carbocycles. The van der Waals surface area contributed by atoms with Crippen LogP contribution in [0.5, 0.6) is 0 Å². The summed E-state index contributed by atoms with van der Waals surface area (Å²) in [7, 11) is 0. The van der Waals surface area contributed by atoms with E-state index in [-0.39, 0.29) is 5.56 Å². The molecule has 0 atom stereocenters. The molecule has 0 fully saturated rings. The highest BCUT2D eigenvalue weighted by Crippen LogP contribution is 2.42. The molecule has 56 heavy (non-hydrogen) atoms. The van der Waals surface area contributed by atoms with Crippen LogP contribution in [-0.2, 0) is 0 Å². The first-order valence-electron chi connectivity index (χ1n) is 17.5. The lowest BCUT2D eigenvalue weighted by atomic mass is 9.98. The minimum Gasteiger partial charge on any atom is -0.308 e.